The Kier molecular flexibility index (Phi) is 5.26. The van der Waals surface area contributed by atoms with E-state index in [-0.39, 0.29) is 22.4 Å². The van der Waals surface area contributed by atoms with Crippen molar-refractivity contribution >= 4 is 17.0 Å². The smallest absolute Gasteiger partial charge is 0.115 e. The first-order valence-corrected chi connectivity index (χ1v) is 9.18. The van der Waals surface area contributed by atoms with Crippen molar-refractivity contribution in [3.8, 4) is 5.75 Å². The van der Waals surface area contributed by atoms with Gasteiger partial charge in [-0.2, -0.15) is 0 Å². The Morgan fingerprint density at radius 1 is 1.16 bits per heavy atom. The van der Waals surface area contributed by atoms with Gasteiger partial charge in [-0.1, -0.05) is 50.2 Å². The third-order valence-corrected chi connectivity index (χ3v) is 6.64. The van der Waals surface area contributed by atoms with E-state index in [1.54, 1.807) is 0 Å². The van der Waals surface area contributed by atoms with Gasteiger partial charge in [-0.25, -0.2) is 0 Å². The zero-order chi connectivity index (χ0) is 16.7. The average molecular weight is 402 g/mol. The highest BCUT2D eigenvalue weighted by molar-refractivity contribution is 8.93. The molecule has 2 aromatic carbocycles. The van der Waals surface area contributed by atoms with Gasteiger partial charge in [0.05, 0.1) is 0 Å². The van der Waals surface area contributed by atoms with Crippen LogP contribution in [0.3, 0.4) is 0 Å². The molecule has 3 heteroatoms. The first kappa shape index (κ1) is 18.5. The van der Waals surface area contributed by atoms with E-state index in [2.05, 4.69) is 55.1 Å². The molecule has 0 saturated carbocycles. The lowest BCUT2D eigenvalue weighted by molar-refractivity contribution is 0.0322. The van der Waals surface area contributed by atoms with Crippen molar-refractivity contribution in [1.29, 1.82) is 0 Å². The van der Waals surface area contributed by atoms with Crippen LogP contribution < -0.4 is 0 Å². The monoisotopic (exact) mass is 401 g/mol. The Morgan fingerprint density at radius 3 is 2.68 bits per heavy atom. The van der Waals surface area contributed by atoms with E-state index in [4.69, 9.17) is 0 Å². The topological polar surface area (TPSA) is 23.5 Å². The zero-order valence-electron chi connectivity index (χ0n) is 15.1. The Bertz CT molecular complexity index is 732. The van der Waals surface area contributed by atoms with Gasteiger partial charge >= 0.3 is 0 Å². The SMILES string of the molecule is Br.C[C@H]1[C@H]2Cc3ccc(O)cc3[C@]1(C)CCN2CCc1ccccc1. The van der Waals surface area contributed by atoms with Crippen molar-refractivity contribution in [3.63, 3.8) is 0 Å². The van der Waals surface area contributed by atoms with Crippen molar-refractivity contribution in [1.82, 2.24) is 4.90 Å². The molecule has 2 aliphatic rings. The lowest BCUT2D eigenvalue weighted by Gasteiger charge is -2.54. The van der Waals surface area contributed by atoms with E-state index in [1.807, 2.05) is 12.1 Å². The minimum absolute atomic E-state index is 0. The molecule has 2 aromatic rings. The van der Waals surface area contributed by atoms with Crippen LogP contribution in [-0.2, 0) is 18.3 Å². The molecule has 3 atom stereocenters. The Hall–Kier alpha value is -1.32. The summed E-state index contributed by atoms with van der Waals surface area (Å²) in [6.07, 6.45) is 3.42. The molecule has 0 radical (unpaired) electrons. The second-order valence-electron chi connectivity index (χ2n) is 7.84. The summed E-state index contributed by atoms with van der Waals surface area (Å²) < 4.78 is 0. The van der Waals surface area contributed by atoms with Crippen LogP contribution in [-0.4, -0.2) is 29.1 Å². The summed E-state index contributed by atoms with van der Waals surface area (Å²) in [5.41, 5.74) is 4.44. The highest BCUT2D eigenvalue weighted by Gasteiger charge is 2.48. The fourth-order valence-electron chi connectivity index (χ4n) is 4.89. The molecule has 1 aliphatic carbocycles. The largest absolute Gasteiger partial charge is 0.508 e. The van der Waals surface area contributed by atoms with Crippen molar-refractivity contribution in [3.05, 3.63) is 65.2 Å². The lowest BCUT2D eigenvalue weighted by Crippen LogP contribution is -2.58. The third-order valence-electron chi connectivity index (χ3n) is 6.64. The van der Waals surface area contributed by atoms with Crippen LogP contribution in [0, 0.1) is 5.92 Å². The van der Waals surface area contributed by atoms with E-state index >= 15 is 0 Å². The maximum absolute atomic E-state index is 9.94. The minimum Gasteiger partial charge on any atom is -0.508 e. The molecule has 134 valence electrons. The molecular weight excluding hydrogens is 374 g/mol. The van der Waals surface area contributed by atoms with Crippen molar-refractivity contribution < 1.29 is 5.11 Å². The standard InChI is InChI=1S/C22H27NO.BrH/c1-16-21-14-18-8-9-19(24)15-20(18)22(16,2)11-13-23(21)12-10-17-6-4-3-5-7-17;/h3-9,15-16,21,24H,10-14H2,1-2H3;1H/t16-,21+,22+;/m0./s1. The first-order chi connectivity index (χ1) is 11.6. The number of phenolic OH excluding ortho intramolecular Hbond substituents is 1. The predicted octanol–water partition coefficient (Wildman–Crippen LogP) is 4.74. The Balaban J connectivity index is 0.00000182. The van der Waals surface area contributed by atoms with Crippen LogP contribution in [0.1, 0.15) is 37.0 Å². The van der Waals surface area contributed by atoms with E-state index < -0.39 is 0 Å². The van der Waals surface area contributed by atoms with E-state index in [0.29, 0.717) is 17.7 Å². The highest BCUT2D eigenvalue weighted by atomic mass is 79.9. The van der Waals surface area contributed by atoms with E-state index in [1.165, 1.54) is 23.1 Å². The minimum atomic E-state index is 0. The molecule has 1 saturated heterocycles. The van der Waals surface area contributed by atoms with Gasteiger partial charge in [-0.15, -0.1) is 17.0 Å². The van der Waals surface area contributed by atoms with Crippen LogP contribution >= 0.6 is 17.0 Å². The second-order valence-corrected chi connectivity index (χ2v) is 7.84. The number of fused-ring (bicyclic) bond motifs is 4. The predicted molar refractivity (Wildman–Crippen MR) is 109 cm³/mol. The van der Waals surface area contributed by atoms with Gasteiger partial charge in [0, 0.05) is 12.6 Å². The molecule has 1 N–H and O–H groups in total. The lowest BCUT2D eigenvalue weighted by atomic mass is 9.59. The molecule has 1 heterocycles. The second kappa shape index (κ2) is 7.13. The number of hydrogen-bond donors (Lipinski definition) is 1. The van der Waals surface area contributed by atoms with E-state index in [0.717, 1.165) is 25.9 Å². The number of nitrogens with zero attached hydrogens (tertiary/aromatic N) is 1. The van der Waals surface area contributed by atoms with E-state index in [9.17, 15) is 5.11 Å². The molecule has 4 rings (SSSR count). The molecular formula is C22H28BrNO. The molecule has 1 fully saturated rings. The zero-order valence-corrected chi connectivity index (χ0v) is 16.8. The first-order valence-electron chi connectivity index (χ1n) is 9.18. The van der Waals surface area contributed by atoms with Gasteiger partial charge in [0.15, 0.2) is 0 Å². The fraction of sp³-hybridized carbons (Fsp3) is 0.455. The molecule has 2 nitrogen and oxygen atoms in total. The van der Waals surface area contributed by atoms with Gasteiger partial charge in [0.2, 0.25) is 0 Å². The van der Waals surface area contributed by atoms with Crippen molar-refractivity contribution in [2.24, 2.45) is 5.92 Å². The van der Waals surface area contributed by atoms with Gasteiger partial charge in [0.25, 0.3) is 0 Å². The average Bonchev–Trinajstić information content (AvgIpc) is 2.59. The third kappa shape index (κ3) is 3.24. The van der Waals surface area contributed by atoms with Gasteiger partial charge in [-0.05, 0) is 66.0 Å². The van der Waals surface area contributed by atoms with Crippen LogP contribution in [0.25, 0.3) is 0 Å². The van der Waals surface area contributed by atoms with Crippen LogP contribution in [0.2, 0.25) is 0 Å². The Morgan fingerprint density at radius 2 is 1.92 bits per heavy atom. The van der Waals surface area contributed by atoms with Crippen molar-refractivity contribution in [2.45, 2.75) is 44.6 Å². The maximum Gasteiger partial charge on any atom is 0.115 e. The number of halogens is 1. The Labute approximate surface area is 161 Å². The number of piperidine rings is 1. The molecule has 0 amide bonds. The number of benzene rings is 2. The van der Waals surface area contributed by atoms with Crippen LogP contribution in [0.5, 0.6) is 5.75 Å². The van der Waals surface area contributed by atoms with Gasteiger partial charge in [-0.3, -0.25) is 4.90 Å². The molecule has 1 aliphatic heterocycles. The number of phenols is 1. The van der Waals surface area contributed by atoms with Crippen LogP contribution in [0.15, 0.2) is 48.5 Å². The summed E-state index contributed by atoms with van der Waals surface area (Å²) in [5.74, 6) is 1.03. The van der Waals surface area contributed by atoms with Gasteiger partial charge in [0.1, 0.15) is 5.75 Å². The number of likely N-dealkylation sites (tertiary alicyclic amines) is 1. The number of hydrogen-bond acceptors (Lipinski definition) is 2. The fourth-order valence-corrected chi connectivity index (χ4v) is 4.89. The molecule has 0 unspecified atom stereocenters. The molecule has 0 aromatic heterocycles. The van der Waals surface area contributed by atoms with Gasteiger partial charge < -0.3 is 5.11 Å². The maximum atomic E-state index is 9.94. The normalized spacial score (nSPS) is 28.1. The summed E-state index contributed by atoms with van der Waals surface area (Å²) in [7, 11) is 0. The van der Waals surface area contributed by atoms with Crippen LogP contribution in [0.4, 0.5) is 0 Å². The number of rotatable bonds is 3. The summed E-state index contributed by atoms with van der Waals surface area (Å²) in [5, 5.41) is 9.94. The summed E-state index contributed by atoms with van der Waals surface area (Å²) in [4.78, 5) is 2.70. The highest BCUT2D eigenvalue weighted by Crippen LogP contribution is 2.49. The summed E-state index contributed by atoms with van der Waals surface area (Å²) >= 11 is 0. The molecule has 2 bridgehead atoms. The quantitative estimate of drug-likeness (QED) is 0.802. The molecule has 25 heavy (non-hydrogen) atoms. The molecule has 0 spiro atoms. The number of aromatic hydroxyl groups is 1. The van der Waals surface area contributed by atoms with Crippen molar-refractivity contribution in [2.75, 3.05) is 13.1 Å². The summed E-state index contributed by atoms with van der Waals surface area (Å²) in [6, 6.07) is 17.4. The summed E-state index contributed by atoms with van der Waals surface area (Å²) in [6.45, 7) is 7.11.